The normalized spacial score (nSPS) is 13.0. The zero-order valence-corrected chi connectivity index (χ0v) is 12.9. The molecule has 24 heavy (non-hydrogen) atoms. The van der Waals surface area contributed by atoms with Gasteiger partial charge in [-0.15, -0.1) is 0 Å². The number of amides is 1. The fourth-order valence-electron chi connectivity index (χ4n) is 2.02. The van der Waals surface area contributed by atoms with Crippen LogP contribution in [0, 0.1) is 23.4 Å². The number of carbonyl (C=O) groups excluding carboxylic acids is 2. The first kappa shape index (κ1) is 19.5. The molecule has 1 amide bonds. The van der Waals surface area contributed by atoms with E-state index in [1.54, 1.807) is 6.92 Å². The van der Waals surface area contributed by atoms with Crippen LogP contribution in [0.1, 0.15) is 30.6 Å². The summed E-state index contributed by atoms with van der Waals surface area (Å²) in [5, 5.41) is 11.1. The van der Waals surface area contributed by atoms with Gasteiger partial charge in [-0.05, 0) is 12.8 Å². The molecule has 0 bridgehead atoms. The summed E-state index contributed by atoms with van der Waals surface area (Å²) in [5.41, 5.74) is -1.11. The Morgan fingerprint density at radius 3 is 2.21 bits per heavy atom. The highest BCUT2D eigenvalue weighted by molar-refractivity contribution is 5.97. The third kappa shape index (κ3) is 4.97. The molecule has 0 heterocycles. The Labute approximate surface area is 135 Å². The monoisotopic (exact) mass is 347 g/mol. The Morgan fingerprint density at radius 2 is 1.75 bits per heavy atom. The molecule has 0 saturated carbocycles. The highest BCUT2D eigenvalue weighted by Gasteiger charge is 2.30. The van der Waals surface area contributed by atoms with Crippen LogP contribution in [0.4, 0.5) is 13.2 Å². The van der Waals surface area contributed by atoms with Crippen LogP contribution in [0.2, 0.25) is 0 Å². The maximum Gasteiger partial charge on any atom is 0.326 e. The summed E-state index contributed by atoms with van der Waals surface area (Å²) >= 11 is 0. The summed E-state index contributed by atoms with van der Waals surface area (Å²) in [6.07, 6.45) is -0.320. The summed E-state index contributed by atoms with van der Waals surface area (Å²) < 4.78 is 44.7. The summed E-state index contributed by atoms with van der Waals surface area (Å²) in [6, 6.07) is -0.989. The van der Waals surface area contributed by atoms with Gasteiger partial charge in [0.25, 0.3) is 5.91 Å². The second-order valence-corrected chi connectivity index (χ2v) is 5.02. The van der Waals surface area contributed by atoms with Crippen molar-refractivity contribution in [3.8, 4) is 0 Å². The molecule has 132 valence electrons. The number of esters is 1. The standard InChI is InChI=1S/C15H16F3NO5/c1-3-24-11(20)4-7(2)13(15(22)23)19-14(21)12-9(17)5-8(16)6-10(12)18/h5-7,13H,3-4H2,1-2H3,(H,19,21)(H,22,23)/t7-,13+/m0/s1. The van der Waals surface area contributed by atoms with Gasteiger partial charge in [-0.1, -0.05) is 6.92 Å². The highest BCUT2D eigenvalue weighted by Crippen LogP contribution is 2.16. The van der Waals surface area contributed by atoms with Crippen molar-refractivity contribution in [1.82, 2.24) is 5.32 Å². The quantitative estimate of drug-likeness (QED) is 0.735. The van der Waals surface area contributed by atoms with Crippen LogP contribution in [0.5, 0.6) is 0 Å². The lowest BCUT2D eigenvalue weighted by Gasteiger charge is -2.21. The van der Waals surface area contributed by atoms with Crippen molar-refractivity contribution >= 4 is 17.8 Å². The summed E-state index contributed by atoms with van der Waals surface area (Å²) in [7, 11) is 0. The predicted octanol–water partition coefficient (Wildman–Crippen LogP) is 1.88. The topological polar surface area (TPSA) is 92.7 Å². The second kappa shape index (κ2) is 8.32. The smallest absolute Gasteiger partial charge is 0.326 e. The Morgan fingerprint density at radius 1 is 1.21 bits per heavy atom. The number of carbonyl (C=O) groups is 3. The van der Waals surface area contributed by atoms with Crippen molar-refractivity contribution in [2.24, 2.45) is 5.92 Å². The van der Waals surface area contributed by atoms with E-state index >= 15 is 0 Å². The predicted molar refractivity (Wildman–Crippen MR) is 75.6 cm³/mol. The molecule has 0 aliphatic carbocycles. The molecule has 6 nitrogen and oxygen atoms in total. The molecule has 1 aromatic carbocycles. The molecular formula is C15H16F3NO5. The fraction of sp³-hybridized carbons (Fsp3) is 0.400. The molecule has 2 N–H and O–H groups in total. The number of carboxylic acids is 1. The Kier molecular flexibility index (Phi) is 6.75. The lowest BCUT2D eigenvalue weighted by molar-refractivity contribution is -0.145. The lowest BCUT2D eigenvalue weighted by Crippen LogP contribution is -2.46. The molecule has 0 saturated heterocycles. The average molecular weight is 347 g/mol. The zero-order chi connectivity index (χ0) is 18.4. The van der Waals surface area contributed by atoms with E-state index in [4.69, 9.17) is 5.11 Å². The van der Waals surface area contributed by atoms with Crippen LogP contribution in [-0.4, -0.2) is 35.6 Å². The number of hydrogen-bond acceptors (Lipinski definition) is 4. The van der Waals surface area contributed by atoms with Crippen molar-refractivity contribution < 1.29 is 37.4 Å². The Hall–Kier alpha value is -2.58. The minimum atomic E-state index is -1.59. The van der Waals surface area contributed by atoms with Crippen LogP contribution >= 0.6 is 0 Å². The van der Waals surface area contributed by atoms with Gasteiger partial charge >= 0.3 is 11.9 Å². The van der Waals surface area contributed by atoms with Crippen LogP contribution in [-0.2, 0) is 14.3 Å². The first-order valence-electron chi connectivity index (χ1n) is 7.01. The van der Waals surface area contributed by atoms with E-state index in [9.17, 15) is 27.6 Å². The number of aliphatic carboxylic acids is 1. The van der Waals surface area contributed by atoms with Crippen LogP contribution in [0.25, 0.3) is 0 Å². The van der Waals surface area contributed by atoms with Gasteiger partial charge in [0.15, 0.2) is 0 Å². The molecule has 0 aliphatic heterocycles. The Bertz CT molecular complexity index is 627. The summed E-state index contributed by atoms with van der Waals surface area (Å²) in [5.74, 6) is -8.59. The molecule has 0 aromatic heterocycles. The van der Waals surface area contributed by atoms with Crippen molar-refractivity contribution in [3.05, 3.63) is 35.1 Å². The number of halogens is 3. The summed E-state index contributed by atoms with van der Waals surface area (Å²) in [6.45, 7) is 3.02. The third-order valence-corrected chi connectivity index (χ3v) is 3.15. The molecule has 0 radical (unpaired) electrons. The first-order valence-corrected chi connectivity index (χ1v) is 7.01. The van der Waals surface area contributed by atoms with Crippen LogP contribution < -0.4 is 5.32 Å². The lowest BCUT2D eigenvalue weighted by atomic mass is 9.97. The van der Waals surface area contributed by atoms with Gasteiger partial charge in [-0.3, -0.25) is 9.59 Å². The largest absolute Gasteiger partial charge is 0.480 e. The SMILES string of the molecule is CCOC(=O)C[C@H](C)[C@@H](NC(=O)c1c(F)cc(F)cc1F)C(=O)O. The van der Waals surface area contributed by atoms with Crippen LogP contribution in [0.15, 0.2) is 12.1 Å². The molecule has 1 aromatic rings. The van der Waals surface area contributed by atoms with E-state index in [0.717, 1.165) is 0 Å². The van der Waals surface area contributed by atoms with Crippen molar-refractivity contribution in [1.29, 1.82) is 0 Å². The molecule has 0 fully saturated rings. The highest BCUT2D eigenvalue weighted by atomic mass is 19.1. The minimum absolute atomic E-state index is 0.0989. The van der Waals surface area contributed by atoms with E-state index in [2.05, 4.69) is 4.74 Å². The summed E-state index contributed by atoms with van der Waals surface area (Å²) in [4.78, 5) is 34.6. The molecule has 0 spiro atoms. The van der Waals surface area contributed by atoms with E-state index in [-0.39, 0.29) is 13.0 Å². The van der Waals surface area contributed by atoms with Gasteiger partial charge in [0, 0.05) is 12.1 Å². The number of ether oxygens (including phenoxy) is 1. The van der Waals surface area contributed by atoms with E-state index in [1.807, 2.05) is 5.32 Å². The molecule has 2 atom stereocenters. The zero-order valence-electron chi connectivity index (χ0n) is 12.9. The maximum absolute atomic E-state index is 13.6. The van der Waals surface area contributed by atoms with Gasteiger partial charge in [0.1, 0.15) is 29.1 Å². The van der Waals surface area contributed by atoms with Gasteiger partial charge in [-0.25, -0.2) is 18.0 Å². The number of rotatable bonds is 7. The second-order valence-electron chi connectivity index (χ2n) is 5.02. The average Bonchev–Trinajstić information content (AvgIpc) is 2.43. The van der Waals surface area contributed by atoms with Gasteiger partial charge in [0.05, 0.1) is 13.0 Å². The number of carboxylic acid groups (broad SMARTS) is 1. The number of nitrogens with one attached hydrogen (secondary N) is 1. The third-order valence-electron chi connectivity index (χ3n) is 3.15. The van der Waals surface area contributed by atoms with Crippen molar-refractivity contribution in [2.45, 2.75) is 26.3 Å². The number of hydrogen-bond donors (Lipinski definition) is 2. The fourth-order valence-corrected chi connectivity index (χ4v) is 2.02. The molecule has 9 heteroatoms. The maximum atomic E-state index is 13.6. The van der Waals surface area contributed by atoms with Crippen molar-refractivity contribution in [2.75, 3.05) is 6.61 Å². The molecule has 0 aliphatic rings. The number of benzene rings is 1. The first-order chi connectivity index (χ1) is 11.2. The van der Waals surface area contributed by atoms with Crippen molar-refractivity contribution in [3.63, 3.8) is 0 Å². The van der Waals surface area contributed by atoms with Gasteiger partial charge in [-0.2, -0.15) is 0 Å². The van der Waals surface area contributed by atoms with E-state index in [0.29, 0.717) is 12.1 Å². The minimum Gasteiger partial charge on any atom is -0.480 e. The van der Waals surface area contributed by atoms with E-state index < -0.39 is 52.8 Å². The van der Waals surface area contributed by atoms with Gasteiger partial charge < -0.3 is 15.2 Å². The van der Waals surface area contributed by atoms with Crippen LogP contribution in [0.3, 0.4) is 0 Å². The Balaban J connectivity index is 2.95. The molecule has 1 rings (SSSR count). The van der Waals surface area contributed by atoms with Gasteiger partial charge in [0.2, 0.25) is 0 Å². The van der Waals surface area contributed by atoms with E-state index in [1.165, 1.54) is 6.92 Å². The molecule has 0 unspecified atom stereocenters. The molecular weight excluding hydrogens is 331 g/mol.